The van der Waals surface area contributed by atoms with Gasteiger partial charge in [-0.1, -0.05) is 33.3 Å². The number of nitrogens with zero attached hydrogens (tertiary/aromatic N) is 4. The molecule has 0 aliphatic rings. The summed E-state index contributed by atoms with van der Waals surface area (Å²) < 4.78 is 41.4. The van der Waals surface area contributed by atoms with E-state index in [4.69, 9.17) is 0 Å². The fourth-order valence-corrected chi connectivity index (χ4v) is 3.54. The van der Waals surface area contributed by atoms with Gasteiger partial charge in [-0.25, -0.2) is 4.98 Å². The van der Waals surface area contributed by atoms with Crippen LogP contribution in [0.5, 0.6) is 0 Å². The normalized spacial score (nSPS) is 12.6. The molecule has 3 aromatic rings. The van der Waals surface area contributed by atoms with Crippen molar-refractivity contribution >= 4 is 28.4 Å². The Kier molecular flexibility index (Phi) is 4.90. The standard InChI is InChI=1S/C17H19F3N4S/c1-4-5-11-6-7-12-13(8-11)24-14(15(21-12)25-9-10(2)3)22-23-16(24)17(18,19)20/h6-8,10H,4-5,9H2,1-3H3. The van der Waals surface area contributed by atoms with Crippen LogP contribution in [0, 0.1) is 5.92 Å². The molecule has 0 N–H and O–H groups in total. The minimum Gasteiger partial charge on any atom is -0.267 e. The molecule has 0 saturated carbocycles. The summed E-state index contributed by atoms with van der Waals surface area (Å²) in [5.41, 5.74) is 2.05. The average molecular weight is 368 g/mol. The fourth-order valence-electron chi connectivity index (χ4n) is 2.62. The number of aryl methyl sites for hydroxylation is 1. The van der Waals surface area contributed by atoms with Crippen LogP contribution in [0.4, 0.5) is 13.2 Å². The molecule has 134 valence electrons. The molecule has 2 aromatic heterocycles. The average Bonchev–Trinajstić information content (AvgIpc) is 2.98. The van der Waals surface area contributed by atoms with E-state index in [0.717, 1.165) is 28.6 Å². The first kappa shape index (κ1) is 18.0. The van der Waals surface area contributed by atoms with Gasteiger partial charge in [0.05, 0.1) is 11.0 Å². The summed E-state index contributed by atoms with van der Waals surface area (Å²) in [5.74, 6) is 0.130. The van der Waals surface area contributed by atoms with Gasteiger partial charge in [0.2, 0.25) is 5.82 Å². The predicted molar refractivity (Wildman–Crippen MR) is 92.8 cm³/mol. The van der Waals surface area contributed by atoms with Crippen LogP contribution in [0.15, 0.2) is 23.2 Å². The van der Waals surface area contributed by atoms with Crippen molar-refractivity contribution < 1.29 is 13.2 Å². The number of rotatable bonds is 5. The zero-order valence-electron chi connectivity index (χ0n) is 14.3. The van der Waals surface area contributed by atoms with Crippen LogP contribution in [0.1, 0.15) is 38.6 Å². The number of benzene rings is 1. The molecule has 0 bridgehead atoms. The summed E-state index contributed by atoms with van der Waals surface area (Å²) in [6.07, 6.45) is -2.86. The summed E-state index contributed by atoms with van der Waals surface area (Å²) in [6.45, 7) is 6.13. The molecule has 1 aromatic carbocycles. The van der Waals surface area contributed by atoms with Gasteiger partial charge in [-0.15, -0.1) is 22.0 Å². The van der Waals surface area contributed by atoms with Crippen LogP contribution in [0.2, 0.25) is 0 Å². The van der Waals surface area contributed by atoms with Crippen molar-refractivity contribution in [2.75, 3.05) is 5.75 Å². The fraction of sp³-hybridized carbons (Fsp3) is 0.471. The van der Waals surface area contributed by atoms with Crippen molar-refractivity contribution in [3.05, 3.63) is 29.6 Å². The van der Waals surface area contributed by atoms with Crippen molar-refractivity contribution in [3.8, 4) is 0 Å². The number of halogens is 3. The molecule has 0 fully saturated rings. The van der Waals surface area contributed by atoms with Crippen LogP contribution in [0.25, 0.3) is 16.7 Å². The third kappa shape index (κ3) is 3.58. The van der Waals surface area contributed by atoms with E-state index in [0.29, 0.717) is 22.0 Å². The Hall–Kier alpha value is -1.83. The zero-order valence-corrected chi connectivity index (χ0v) is 15.1. The van der Waals surface area contributed by atoms with E-state index in [9.17, 15) is 13.2 Å². The summed E-state index contributed by atoms with van der Waals surface area (Å²) in [7, 11) is 0. The number of alkyl halides is 3. The summed E-state index contributed by atoms with van der Waals surface area (Å²) in [4.78, 5) is 4.54. The Morgan fingerprint density at radius 3 is 2.60 bits per heavy atom. The van der Waals surface area contributed by atoms with Crippen molar-refractivity contribution in [2.24, 2.45) is 5.92 Å². The Morgan fingerprint density at radius 1 is 1.20 bits per heavy atom. The summed E-state index contributed by atoms with van der Waals surface area (Å²) in [5, 5.41) is 7.69. The van der Waals surface area contributed by atoms with Gasteiger partial charge >= 0.3 is 6.18 Å². The summed E-state index contributed by atoms with van der Waals surface area (Å²) in [6, 6.07) is 5.45. The van der Waals surface area contributed by atoms with Crippen LogP contribution in [-0.2, 0) is 12.6 Å². The molecule has 25 heavy (non-hydrogen) atoms. The summed E-state index contributed by atoms with van der Waals surface area (Å²) >= 11 is 1.41. The molecule has 0 spiro atoms. The van der Waals surface area contributed by atoms with E-state index < -0.39 is 12.0 Å². The lowest BCUT2D eigenvalue weighted by Crippen LogP contribution is -2.12. The second-order valence-electron chi connectivity index (χ2n) is 6.38. The van der Waals surface area contributed by atoms with Gasteiger partial charge < -0.3 is 0 Å². The lowest BCUT2D eigenvalue weighted by atomic mass is 10.1. The molecule has 4 nitrogen and oxygen atoms in total. The van der Waals surface area contributed by atoms with E-state index in [-0.39, 0.29) is 5.65 Å². The van der Waals surface area contributed by atoms with E-state index in [1.807, 2.05) is 26.8 Å². The van der Waals surface area contributed by atoms with Crippen molar-refractivity contribution in [3.63, 3.8) is 0 Å². The zero-order chi connectivity index (χ0) is 18.2. The first-order chi connectivity index (χ1) is 11.8. The molecule has 2 heterocycles. The number of aromatic nitrogens is 4. The maximum Gasteiger partial charge on any atom is 0.452 e. The van der Waals surface area contributed by atoms with Crippen LogP contribution < -0.4 is 0 Å². The van der Waals surface area contributed by atoms with Crippen molar-refractivity contribution in [1.29, 1.82) is 0 Å². The van der Waals surface area contributed by atoms with Gasteiger partial charge in [-0.05, 0) is 30.0 Å². The van der Waals surface area contributed by atoms with Gasteiger partial charge in [0, 0.05) is 5.75 Å². The second-order valence-corrected chi connectivity index (χ2v) is 7.38. The van der Waals surface area contributed by atoms with E-state index in [2.05, 4.69) is 15.2 Å². The topological polar surface area (TPSA) is 43.1 Å². The van der Waals surface area contributed by atoms with Gasteiger partial charge in [0.1, 0.15) is 5.03 Å². The molecule has 0 atom stereocenters. The lowest BCUT2D eigenvalue weighted by molar-refractivity contribution is -0.145. The third-order valence-corrected chi connectivity index (χ3v) is 5.08. The minimum atomic E-state index is -4.57. The SMILES string of the molecule is CCCc1ccc2nc(SCC(C)C)c3nnc(C(F)(F)F)n3c2c1. The van der Waals surface area contributed by atoms with Gasteiger partial charge in [0.25, 0.3) is 0 Å². The van der Waals surface area contributed by atoms with E-state index in [1.165, 1.54) is 11.8 Å². The predicted octanol–water partition coefficient (Wildman–Crippen LogP) is 5.00. The maximum atomic E-state index is 13.4. The second kappa shape index (κ2) is 6.82. The molecule has 0 radical (unpaired) electrons. The molecule has 0 aliphatic heterocycles. The molecule has 0 saturated heterocycles. The molecule has 0 amide bonds. The number of hydrogen-bond acceptors (Lipinski definition) is 4. The molecule has 8 heteroatoms. The number of thioether (sulfide) groups is 1. The molecular weight excluding hydrogens is 349 g/mol. The third-order valence-electron chi connectivity index (χ3n) is 3.70. The van der Waals surface area contributed by atoms with Crippen LogP contribution in [0.3, 0.4) is 0 Å². The Bertz CT molecular complexity index is 902. The number of fused-ring (bicyclic) bond motifs is 3. The molecule has 3 rings (SSSR count). The highest BCUT2D eigenvalue weighted by Crippen LogP contribution is 2.33. The van der Waals surface area contributed by atoms with E-state index >= 15 is 0 Å². The Labute approximate surface area is 147 Å². The monoisotopic (exact) mass is 368 g/mol. The van der Waals surface area contributed by atoms with Crippen molar-refractivity contribution in [2.45, 2.75) is 44.8 Å². The van der Waals surface area contributed by atoms with Crippen LogP contribution >= 0.6 is 11.8 Å². The van der Waals surface area contributed by atoms with Gasteiger partial charge in [0.15, 0.2) is 5.65 Å². The van der Waals surface area contributed by atoms with Crippen molar-refractivity contribution in [1.82, 2.24) is 19.6 Å². The van der Waals surface area contributed by atoms with Gasteiger partial charge in [-0.3, -0.25) is 4.40 Å². The van der Waals surface area contributed by atoms with Crippen LogP contribution in [-0.4, -0.2) is 25.3 Å². The highest BCUT2D eigenvalue weighted by molar-refractivity contribution is 7.99. The minimum absolute atomic E-state index is 0.166. The molecular formula is C17H19F3N4S. The lowest BCUT2D eigenvalue weighted by Gasteiger charge is -2.11. The Balaban J connectivity index is 2.29. The highest BCUT2D eigenvalue weighted by Gasteiger charge is 2.38. The van der Waals surface area contributed by atoms with Gasteiger partial charge in [-0.2, -0.15) is 13.2 Å². The van der Waals surface area contributed by atoms with E-state index in [1.54, 1.807) is 12.1 Å². The quantitative estimate of drug-likeness (QED) is 0.595. The molecule has 0 aliphatic carbocycles. The highest BCUT2D eigenvalue weighted by atomic mass is 32.2. The number of hydrogen-bond donors (Lipinski definition) is 0. The Morgan fingerprint density at radius 2 is 1.96 bits per heavy atom. The maximum absolute atomic E-state index is 13.4. The smallest absolute Gasteiger partial charge is 0.267 e. The largest absolute Gasteiger partial charge is 0.452 e. The molecule has 0 unspecified atom stereocenters. The first-order valence-corrected chi connectivity index (χ1v) is 9.17. The first-order valence-electron chi connectivity index (χ1n) is 8.19.